The van der Waals surface area contributed by atoms with Gasteiger partial charge in [-0.05, 0) is 25.5 Å². The van der Waals surface area contributed by atoms with Gasteiger partial charge in [-0.1, -0.05) is 19.1 Å². The van der Waals surface area contributed by atoms with E-state index in [1.54, 1.807) is 31.2 Å². The molecule has 1 aromatic carbocycles. The van der Waals surface area contributed by atoms with Crippen LogP contribution in [0.3, 0.4) is 0 Å². The number of fused-ring (bicyclic) bond motifs is 1. The van der Waals surface area contributed by atoms with Gasteiger partial charge in [0.2, 0.25) is 0 Å². The van der Waals surface area contributed by atoms with Crippen molar-refractivity contribution in [3.8, 4) is 0 Å². The average Bonchev–Trinajstić information content (AvgIpc) is 2.68. The minimum atomic E-state index is -0.850. The van der Waals surface area contributed by atoms with Gasteiger partial charge in [-0.3, -0.25) is 19.3 Å². The molecular weight excluding hydrogens is 258 g/mol. The highest BCUT2D eigenvalue weighted by molar-refractivity contribution is 6.21. The molecule has 0 bridgehead atoms. The summed E-state index contributed by atoms with van der Waals surface area (Å²) in [6.07, 6.45) is -0.650. The van der Waals surface area contributed by atoms with Crippen molar-refractivity contribution in [3.63, 3.8) is 0 Å². The highest BCUT2D eigenvalue weighted by Gasteiger charge is 2.35. The molecule has 1 aromatic rings. The molecule has 1 heterocycles. The molecule has 106 valence electrons. The lowest BCUT2D eigenvalue weighted by molar-refractivity contribution is -0.123. The number of aliphatic hydroxyl groups excluding tert-OH is 1. The summed E-state index contributed by atoms with van der Waals surface area (Å²) in [7, 11) is 0. The number of aliphatic hydroxyl groups is 1. The van der Waals surface area contributed by atoms with E-state index in [0.717, 1.165) is 4.90 Å². The molecule has 0 radical (unpaired) electrons. The summed E-state index contributed by atoms with van der Waals surface area (Å²) in [6.45, 7) is 3.16. The van der Waals surface area contributed by atoms with Gasteiger partial charge in [-0.2, -0.15) is 0 Å². The van der Waals surface area contributed by atoms with Gasteiger partial charge in [0.1, 0.15) is 5.78 Å². The standard InChI is InChI=1S/C15H17NO4/c1-9(10(2)17)13(18)7-8-16-14(19)11-5-3-4-6-12(11)15(16)20/h3-6,9,13,18H,7-8H2,1-2H3/t9-,13-/m1/s1. The van der Waals surface area contributed by atoms with Crippen molar-refractivity contribution in [2.24, 2.45) is 5.92 Å². The zero-order valence-corrected chi connectivity index (χ0v) is 11.5. The van der Waals surface area contributed by atoms with E-state index in [2.05, 4.69) is 0 Å². The normalized spacial score (nSPS) is 17.1. The Kier molecular flexibility index (Phi) is 3.99. The smallest absolute Gasteiger partial charge is 0.261 e. The molecule has 0 unspecified atom stereocenters. The van der Waals surface area contributed by atoms with Crippen molar-refractivity contribution in [1.29, 1.82) is 0 Å². The number of carbonyl (C=O) groups excluding carboxylic acids is 3. The van der Waals surface area contributed by atoms with E-state index in [4.69, 9.17) is 0 Å². The summed E-state index contributed by atoms with van der Waals surface area (Å²) < 4.78 is 0. The van der Waals surface area contributed by atoms with Gasteiger partial charge in [-0.25, -0.2) is 0 Å². The van der Waals surface area contributed by atoms with Crippen LogP contribution >= 0.6 is 0 Å². The van der Waals surface area contributed by atoms with Crippen molar-refractivity contribution in [2.45, 2.75) is 26.4 Å². The maximum atomic E-state index is 12.1. The molecule has 0 saturated heterocycles. The molecule has 0 aromatic heterocycles. The largest absolute Gasteiger partial charge is 0.392 e. The van der Waals surface area contributed by atoms with Crippen LogP contribution in [0.25, 0.3) is 0 Å². The van der Waals surface area contributed by atoms with Crippen molar-refractivity contribution in [1.82, 2.24) is 4.90 Å². The fourth-order valence-electron chi connectivity index (χ4n) is 2.22. The number of benzene rings is 1. The Morgan fingerprint density at radius 2 is 1.70 bits per heavy atom. The molecule has 5 heteroatoms. The molecule has 2 rings (SSSR count). The van der Waals surface area contributed by atoms with E-state index in [1.807, 2.05) is 0 Å². The van der Waals surface area contributed by atoms with E-state index in [1.165, 1.54) is 6.92 Å². The van der Waals surface area contributed by atoms with Crippen LogP contribution in [0.5, 0.6) is 0 Å². The Hall–Kier alpha value is -2.01. The first-order valence-corrected chi connectivity index (χ1v) is 6.57. The van der Waals surface area contributed by atoms with Gasteiger partial charge < -0.3 is 5.11 Å². The molecule has 2 atom stereocenters. The molecule has 5 nitrogen and oxygen atoms in total. The number of nitrogens with zero attached hydrogens (tertiary/aromatic N) is 1. The molecule has 1 aliphatic rings. The molecule has 0 spiro atoms. The van der Waals surface area contributed by atoms with Crippen molar-refractivity contribution in [2.75, 3.05) is 6.54 Å². The molecule has 0 saturated carbocycles. The summed E-state index contributed by atoms with van der Waals surface area (Å²) in [5.74, 6) is -1.29. The van der Waals surface area contributed by atoms with Crippen LogP contribution in [0.4, 0.5) is 0 Å². The fraction of sp³-hybridized carbons (Fsp3) is 0.400. The summed E-state index contributed by atoms with van der Waals surface area (Å²) in [5, 5.41) is 9.87. The van der Waals surface area contributed by atoms with E-state index in [9.17, 15) is 19.5 Å². The molecule has 0 aliphatic carbocycles. The Labute approximate surface area is 117 Å². The van der Waals surface area contributed by atoms with Crippen LogP contribution in [0.15, 0.2) is 24.3 Å². The third-order valence-corrected chi connectivity index (χ3v) is 3.75. The van der Waals surface area contributed by atoms with E-state index in [-0.39, 0.29) is 30.6 Å². The zero-order valence-electron chi connectivity index (χ0n) is 11.5. The number of hydrogen-bond donors (Lipinski definition) is 1. The van der Waals surface area contributed by atoms with E-state index in [0.29, 0.717) is 11.1 Å². The number of hydrogen-bond acceptors (Lipinski definition) is 4. The van der Waals surface area contributed by atoms with Gasteiger partial charge in [-0.15, -0.1) is 0 Å². The molecule has 2 amide bonds. The van der Waals surface area contributed by atoms with Gasteiger partial charge in [0.05, 0.1) is 17.2 Å². The highest BCUT2D eigenvalue weighted by Crippen LogP contribution is 2.23. The maximum Gasteiger partial charge on any atom is 0.261 e. The van der Waals surface area contributed by atoms with E-state index < -0.39 is 12.0 Å². The van der Waals surface area contributed by atoms with Crippen molar-refractivity contribution < 1.29 is 19.5 Å². The minimum absolute atomic E-state index is 0.111. The van der Waals surface area contributed by atoms with Crippen LogP contribution in [0.2, 0.25) is 0 Å². The Morgan fingerprint density at radius 1 is 1.20 bits per heavy atom. The lowest BCUT2D eigenvalue weighted by Gasteiger charge is -2.19. The number of imide groups is 1. The molecule has 1 aliphatic heterocycles. The number of ketones is 1. The summed E-state index contributed by atoms with van der Waals surface area (Å²) in [6, 6.07) is 6.65. The molecule has 20 heavy (non-hydrogen) atoms. The first-order valence-electron chi connectivity index (χ1n) is 6.57. The van der Waals surface area contributed by atoms with E-state index >= 15 is 0 Å². The van der Waals surface area contributed by atoms with Crippen LogP contribution < -0.4 is 0 Å². The Balaban J connectivity index is 2.04. The number of rotatable bonds is 5. The fourth-order valence-corrected chi connectivity index (χ4v) is 2.22. The van der Waals surface area contributed by atoms with Crippen LogP contribution in [0.1, 0.15) is 41.0 Å². The third kappa shape index (κ3) is 2.49. The van der Waals surface area contributed by atoms with Crippen molar-refractivity contribution >= 4 is 17.6 Å². The lowest BCUT2D eigenvalue weighted by atomic mass is 9.98. The number of amides is 2. The maximum absolute atomic E-state index is 12.1. The topological polar surface area (TPSA) is 74.7 Å². The second-order valence-electron chi connectivity index (χ2n) is 5.06. The van der Waals surface area contributed by atoms with Gasteiger partial charge >= 0.3 is 0 Å². The quantitative estimate of drug-likeness (QED) is 0.821. The second kappa shape index (κ2) is 5.54. The van der Waals surface area contributed by atoms with Gasteiger partial charge in [0.15, 0.2) is 0 Å². The van der Waals surface area contributed by atoms with Crippen LogP contribution in [0, 0.1) is 5.92 Å². The third-order valence-electron chi connectivity index (χ3n) is 3.75. The van der Waals surface area contributed by atoms with Crippen molar-refractivity contribution in [3.05, 3.63) is 35.4 Å². The van der Waals surface area contributed by atoms with Crippen LogP contribution in [-0.2, 0) is 4.79 Å². The summed E-state index contributed by atoms with van der Waals surface area (Å²) in [4.78, 5) is 36.5. The summed E-state index contributed by atoms with van der Waals surface area (Å²) in [5.41, 5.74) is 0.790. The zero-order chi connectivity index (χ0) is 14.9. The first-order chi connectivity index (χ1) is 9.43. The highest BCUT2D eigenvalue weighted by atomic mass is 16.3. The lowest BCUT2D eigenvalue weighted by Crippen LogP contribution is -2.34. The summed E-state index contributed by atoms with van der Waals surface area (Å²) >= 11 is 0. The monoisotopic (exact) mass is 275 g/mol. The molecule has 1 N–H and O–H groups in total. The molecular formula is C15H17NO4. The minimum Gasteiger partial charge on any atom is -0.392 e. The van der Waals surface area contributed by atoms with Gasteiger partial charge in [0, 0.05) is 12.5 Å². The average molecular weight is 275 g/mol. The number of Topliss-reactive ketones (excluding diaryl/α,β-unsaturated/α-hetero) is 1. The molecule has 0 fully saturated rings. The SMILES string of the molecule is CC(=O)[C@@H](C)[C@H](O)CCN1C(=O)c2ccccc2C1=O. The van der Waals surface area contributed by atoms with Gasteiger partial charge in [0.25, 0.3) is 11.8 Å². The number of carbonyl (C=O) groups is 3. The Morgan fingerprint density at radius 3 is 2.15 bits per heavy atom. The predicted octanol–water partition coefficient (Wildman–Crippen LogP) is 1.26. The van der Waals surface area contributed by atoms with Crippen LogP contribution in [-0.4, -0.2) is 40.3 Å². The first kappa shape index (κ1) is 14.4. The predicted molar refractivity (Wildman–Crippen MR) is 72.3 cm³/mol. The second-order valence-corrected chi connectivity index (χ2v) is 5.06. The Bertz CT molecular complexity index is 532.